The zero-order valence-corrected chi connectivity index (χ0v) is 9.81. The normalized spacial score (nSPS) is 10.7. The molecule has 3 N–H and O–H groups in total. The van der Waals surface area contributed by atoms with E-state index in [9.17, 15) is 9.59 Å². The summed E-state index contributed by atoms with van der Waals surface area (Å²) in [6.07, 6.45) is 1.19. The molecule has 0 saturated heterocycles. The number of carbonyl (C=O) groups is 1. The fourth-order valence-corrected chi connectivity index (χ4v) is 2.03. The third-order valence-corrected chi connectivity index (χ3v) is 2.97. The van der Waals surface area contributed by atoms with Crippen molar-refractivity contribution in [3.8, 4) is 11.3 Å². The van der Waals surface area contributed by atoms with Gasteiger partial charge in [-0.2, -0.15) is 0 Å². The highest BCUT2D eigenvalue weighted by molar-refractivity contribution is 5.90. The molecule has 0 aliphatic rings. The molecule has 0 unspecified atom stereocenters. The number of fused-ring (bicyclic) bond motifs is 1. The van der Waals surface area contributed by atoms with Gasteiger partial charge in [-0.25, -0.2) is 4.79 Å². The molecule has 19 heavy (non-hydrogen) atoms. The van der Waals surface area contributed by atoms with E-state index in [2.05, 4.69) is 9.97 Å². The van der Waals surface area contributed by atoms with Gasteiger partial charge in [-0.1, -0.05) is 18.2 Å². The van der Waals surface area contributed by atoms with Crippen molar-refractivity contribution in [2.75, 3.05) is 0 Å². The largest absolute Gasteiger partial charge is 0.478 e. The van der Waals surface area contributed by atoms with Crippen LogP contribution in [0.5, 0.6) is 0 Å². The number of pyridine rings is 1. The molecule has 0 aliphatic heterocycles. The van der Waals surface area contributed by atoms with Crippen molar-refractivity contribution in [3.05, 3.63) is 58.5 Å². The van der Waals surface area contributed by atoms with Gasteiger partial charge in [-0.15, -0.1) is 0 Å². The third-order valence-electron chi connectivity index (χ3n) is 2.97. The van der Waals surface area contributed by atoms with Gasteiger partial charge in [-0.05, 0) is 18.2 Å². The number of benzene rings is 1. The number of rotatable bonds is 2. The fraction of sp³-hybridized carbons (Fsp3) is 0. The van der Waals surface area contributed by atoms with Gasteiger partial charge < -0.3 is 15.1 Å². The predicted molar refractivity (Wildman–Crippen MR) is 71.3 cm³/mol. The molecular formula is C14H10N2O3. The van der Waals surface area contributed by atoms with Gasteiger partial charge in [0.15, 0.2) is 0 Å². The number of aromatic amines is 2. The molecule has 0 spiro atoms. The number of carboxylic acids is 1. The second-order valence-corrected chi connectivity index (χ2v) is 4.21. The quantitative estimate of drug-likeness (QED) is 0.655. The Morgan fingerprint density at radius 3 is 2.68 bits per heavy atom. The van der Waals surface area contributed by atoms with Crippen molar-refractivity contribution < 1.29 is 9.90 Å². The predicted octanol–water partition coefficient (Wildman–Crippen LogP) is 2.22. The Balaban J connectivity index is 2.23. The van der Waals surface area contributed by atoms with Crippen molar-refractivity contribution >= 4 is 16.9 Å². The van der Waals surface area contributed by atoms with E-state index < -0.39 is 5.97 Å². The van der Waals surface area contributed by atoms with Gasteiger partial charge in [0.2, 0.25) is 0 Å². The number of para-hydroxylation sites is 1. The highest BCUT2D eigenvalue weighted by Gasteiger charge is 2.11. The van der Waals surface area contributed by atoms with E-state index in [1.54, 1.807) is 0 Å². The zero-order valence-electron chi connectivity index (χ0n) is 9.81. The average Bonchev–Trinajstić information content (AvgIpc) is 2.82. The summed E-state index contributed by atoms with van der Waals surface area (Å²) in [5.41, 5.74) is 1.55. The van der Waals surface area contributed by atoms with Crippen LogP contribution in [0.3, 0.4) is 0 Å². The third kappa shape index (κ3) is 1.91. The van der Waals surface area contributed by atoms with Gasteiger partial charge >= 0.3 is 5.97 Å². The van der Waals surface area contributed by atoms with Gasteiger partial charge in [0.1, 0.15) is 0 Å². The summed E-state index contributed by atoms with van der Waals surface area (Å²) >= 11 is 0. The molecule has 5 heteroatoms. The SMILES string of the molecule is O=C(O)c1c[nH]c(=O)c(-c2cc3ccccc3[nH]2)c1. The van der Waals surface area contributed by atoms with E-state index in [0.717, 1.165) is 10.9 Å². The van der Waals surface area contributed by atoms with Crippen LogP contribution in [0.2, 0.25) is 0 Å². The Kier molecular flexibility index (Phi) is 2.45. The highest BCUT2D eigenvalue weighted by Crippen LogP contribution is 2.21. The Labute approximate surface area is 107 Å². The van der Waals surface area contributed by atoms with Gasteiger partial charge in [0, 0.05) is 17.1 Å². The topological polar surface area (TPSA) is 85.9 Å². The molecule has 3 aromatic rings. The summed E-state index contributed by atoms with van der Waals surface area (Å²) in [6, 6.07) is 10.8. The second-order valence-electron chi connectivity index (χ2n) is 4.21. The fourth-order valence-electron chi connectivity index (χ4n) is 2.03. The van der Waals surface area contributed by atoms with E-state index in [1.165, 1.54) is 12.3 Å². The first-order chi connectivity index (χ1) is 9.15. The second kappa shape index (κ2) is 4.13. The smallest absolute Gasteiger partial charge is 0.337 e. The molecule has 0 atom stereocenters. The Hall–Kier alpha value is -2.82. The summed E-state index contributed by atoms with van der Waals surface area (Å²) in [4.78, 5) is 28.3. The molecule has 94 valence electrons. The lowest BCUT2D eigenvalue weighted by Gasteiger charge is -1.99. The van der Waals surface area contributed by atoms with Crippen LogP contribution in [0.4, 0.5) is 0 Å². The van der Waals surface area contributed by atoms with Crippen molar-refractivity contribution in [2.24, 2.45) is 0 Å². The van der Waals surface area contributed by atoms with Crippen molar-refractivity contribution in [1.29, 1.82) is 0 Å². The maximum absolute atomic E-state index is 11.8. The van der Waals surface area contributed by atoms with Crippen LogP contribution in [0.1, 0.15) is 10.4 Å². The minimum absolute atomic E-state index is 0.0493. The molecule has 0 amide bonds. The van der Waals surface area contributed by atoms with E-state index in [1.807, 2.05) is 30.3 Å². The maximum Gasteiger partial charge on any atom is 0.337 e. The molecule has 0 saturated carbocycles. The summed E-state index contributed by atoms with van der Waals surface area (Å²) < 4.78 is 0. The Bertz CT molecular complexity index is 797. The van der Waals surface area contributed by atoms with Crippen molar-refractivity contribution in [1.82, 2.24) is 9.97 Å². The molecule has 2 aromatic heterocycles. The van der Waals surface area contributed by atoms with Crippen LogP contribution >= 0.6 is 0 Å². The first-order valence-electron chi connectivity index (χ1n) is 5.69. The summed E-state index contributed by atoms with van der Waals surface area (Å²) in [5.74, 6) is -1.08. The Morgan fingerprint density at radius 1 is 1.16 bits per heavy atom. The molecule has 0 radical (unpaired) electrons. The molecule has 2 heterocycles. The zero-order chi connectivity index (χ0) is 13.4. The monoisotopic (exact) mass is 254 g/mol. The van der Waals surface area contributed by atoms with E-state index in [4.69, 9.17) is 5.11 Å². The lowest BCUT2D eigenvalue weighted by Crippen LogP contribution is -2.11. The lowest BCUT2D eigenvalue weighted by molar-refractivity contribution is 0.0696. The Morgan fingerprint density at radius 2 is 1.95 bits per heavy atom. The highest BCUT2D eigenvalue weighted by atomic mass is 16.4. The van der Waals surface area contributed by atoms with Crippen LogP contribution in [0.15, 0.2) is 47.4 Å². The number of hydrogen-bond acceptors (Lipinski definition) is 2. The van der Waals surface area contributed by atoms with E-state index >= 15 is 0 Å². The molecule has 3 rings (SSSR count). The van der Waals surface area contributed by atoms with Crippen LogP contribution in [-0.2, 0) is 0 Å². The van der Waals surface area contributed by atoms with Gasteiger partial charge in [0.05, 0.1) is 16.8 Å². The molecular weight excluding hydrogens is 244 g/mol. The molecule has 1 aromatic carbocycles. The average molecular weight is 254 g/mol. The number of hydrogen-bond donors (Lipinski definition) is 3. The summed E-state index contributed by atoms with van der Waals surface area (Å²) in [5, 5.41) is 9.92. The molecule has 0 aliphatic carbocycles. The number of H-pyrrole nitrogens is 2. The summed E-state index contributed by atoms with van der Waals surface area (Å²) in [6.45, 7) is 0. The molecule has 5 nitrogen and oxygen atoms in total. The van der Waals surface area contributed by atoms with Crippen LogP contribution in [-0.4, -0.2) is 21.0 Å². The standard InChI is InChI=1S/C14H10N2O3/c17-13-10(5-9(7-15-13)14(18)19)12-6-8-3-1-2-4-11(8)16-12/h1-7,16H,(H,15,17)(H,18,19). The number of carboxylic acid groups (broad SMARTS) is 1. The first-order valence-corrected chi connectivity index (χ1v) is 5.69. The molecule has 0 fully saturated rings. The first kappa shape index (κ1) is 11.3. The van der Waals surface area contributed by atoms with E-state index in [-0.39, 0.29) is 11.1 Å². The van der Waals surface area contributed by atoms with Gasteiger partial charge in [0.25, 0.3) is 5.56 Å². The lowest BCUT2D eigenvalue weighted by atomic mass is 10.1. The minimum atomic E-state index is -1.08. The van der Waals surface area contributed by atoms with Crippen molar-refractivity contribution in [2.45, 2.75) is 0 Å². The van der Waals surface area contributed by atoms with E-state index in [0.29, 0.717) is 11.3 Å². The van der Waals surface area contributed by atoms with Crippen LogP contribution in [0.25, 0.3) is 22.2 Å². The number of aromatic nitrogens is 2. The van der Waals surface area contributed by atoms with Gasteiger partial charge in [-0.3, -0.25) is 4.79 Å². The van der Waals surface area contributed by atoms with Crippen molar-refractivity contribution in [3.63, 3.8) is 0 Å². The van der Waals surface area contributed by atoms with Crippen LogP contribution in [0, 0.1) is 0 Å². The molecule has 0 bridgehead atoms. The van der Waals surface area contributed by atoms with Crippen LogP contribution < -0.4 is 5.56 Å². The summed E-state index contributed by atoms with van der Waals surface area (Å²) in [7, 11) is 0. The number of nitrogens with one attached hydrogen (secondary N) is 2. The number of aromatic carboxylic acids is 1. The maximum atomic E-state index is 11.8. The minimum Gasteiger partial charge on any atom is -0.478 e.